The second kappa shape index (κ2) is 4.01. The van der Waals surface area contributed by atoms with E-state index in [0.29, 0.717) is 0 Å². The summed E-state index contributed by atoms with van der Waals surface area (Å²) in [7, 11) is 0. The van der Waals surface area contributed by atoms with Crippen LogP contribution in [0.4, 0.5) is 0 Å². The molecule has 0 aliphatic carbocycles. The van der Waals surface area contributed by atoms with Crippen molar-refractivity contribution in [1.82, 2.24) is 4.90 Å². The molecule has 1 aromatic rings. The Labute approximate surface area is 107 Å². The Morgan fingerprint density at radius 2 is 1.58 bits per heavy atom. The van der Waals surface area contributed by atoms with E-state index >= 15 is 0 Å². The predicted molar refractivity (Wildman–Crippen MR) is 61.1 cm³/mol. The average molecular weight is 259 g/mol. The molecule has 1 saturated heterocycles. The molecule has 2 amide bonds. The van der Waals surface area contributed by atoms with Gasteiger partial charge < -0.3 is 4.74 Å². The van der Waals surface area contributed by atoms with Crippen LogP contribution in [0.2, 0.25) is 0 Å². The molecule has 19 heavy (non-hydrogen) atoms. The molecule has 6 heteroatoms. The van der Waals surface area contributed by atoms with E-state index in [0.717, 1.165) is 4.90 Å². The fraction of sp³-hybridized carbons (Fsp3) is 0.231. The van der Waals surface area contributed by atoms with E-state index in [1.54, 1.807) is 12.1 Å². The van der Waals surface area contributed by atoms with Gasteiger partial charge in [-0.2, -0.15) is 0 Å². The zero-order valence-electron chi connectivity index (χ0n) is 9.79. The summed E-state index contributed by atoms with van der Waals surface area (Å²) in [5.41, 5.74) is 0.550. The largest absolute Gasteiger partial charge is 0.392 e. The fourth-order valence-electron chi connectivity index (χ4n) is 2.33. The van der Waals surface area contributed by atoms with E-state index in [4.69, 9.17) is 0 Å². The SMILES string of the molecule is O=C1CC[C@H](N2C(=O)c3ccccc3C2=O)C(=O)O1. The summed E-state index contributed by atoms with van der Waals surface area (Å²) in [5.74, 6) is -2.50. The lowest BCUT2D eigenvalue weighted by Crippen LogP contribution is -2.48. The third-order valence-corrected chi connectivity index (χ3v) is 3.25. The Kier molecular flexibility index (Phi) is 2.45. The highest BCUT2D eigenvalue weighted by atomic mass is 16.6. The topological polar surface area (TPSA) is 80.8 Å². The van der Waals surface area contributed by atoms with E-state index in [9.17, 15) is 19.2 Å². The summed E-state index contributed by atoms with van der Waals surface area (Å²) >= 11 is 0. The van der Waals surface area contributed by atoms with Crippen LogP contribution in [0.5, 0.6) is 0 Å². The van der Waals surface area contributed by atoms with Crippen LogP contribution in [0, 0.1) is 0 Å². The molecular formula is C13H9NO5. The number of carbonyl (C=O) groups excluding carboxylic acids is 4. The van der Waals surface area contributed by atoms with Gasteiger partial charge in [0, 0.05) is 6.42 Å². The Hall–Kier alpha value is -2.50. The van der Waals surface area contributed by atoms with Crippen molar-refractivity contribution in [2.24, 2.45) is 0 Å². The minimum Gasteiger partial charge on any atom is -0.392 e. The molecule has 0 radical (unpaired) electrons. The van der Waals surface area contributed by atoms with Crippen molar-refractivity contribution in [2.45, 2.75) is 18.9 Å². The third kappa shape index (κ3) is 1.64. The number of nitrogens with zero attached hydrogens (tertiary/aromatic N) is 1. The van der Waals surface area contributed by atoms with Gasteiger partial charge in [-0.1, -0.05) is 12.1 Å². The highest BCUT2D eigenvalue weighted by Gasteiger charge is 2.45. The highest BCUT2D eigenvalue weighted by Crippen LogP contribution is 2.27. The minimum atomic E-state index is -1.01. The van der Waals surface area contributed by atoms with Gasteiger partial charge in [0.15, 0.2) is 0 Å². The van der Waals surface area contributed by atoms with Crippen LogP contribution in [0.1, 0.15) is 33.6 Å². The molecule has 6 nitrogen and oxygen atoms in total. The summed E-state index contributed by atoms with van der Waals surface area (Å²) in [6.07, 6.45) is 0.132. The minimum absolute atomic E-state index is 0.0177. The molecule has 0 aromatic heterocycles. The van der Waals surface area contributed by atoms with Crippen molar-refractivity contribution in [3.05, 3.63) is 35.4 Å². The number of hydrogen-bond acceptors (Lipinski definition) is 5. The van der Waals surface area contributed by atoms with Crippen molar-refractivity contribution < 1.29 is 23.9 Å². The average Bonchev–Trinajstić information content (AvgIpc) is 2.64. The van der Waals surface area contributed by atoms with Gasteiger partial charge in [-0.05, 0) is 18.6 Å². The summed E-state index contributed by atoms with van der Waals surface area (Å²) in [4.78, 5) is 47.8. The molecular weight excluding hydrogens is 250 g/mol. The summed E-state index contributed by atoms with van der Waals surface area (Å²) in [6, 6.07) is 5.36. The molecule has 1 atom stereocenters. The maximum absolute atomic E-state index is 12.1. The highest BCUT2D eigenvalue weighted by molar-refractivity contribution is 6.23. The number of benzene rings is 1. The molecule has 0 N–H and O–H groups in total. The number of amides is 2. The first-order valence-electron chi connectivity index (χ1n) is 5.81. The fourth-order valence-corrected chi connectivity index (χ4v) is 2.33. The quantitative estimate of drug-likeness (QED) is 0.417. The molecule has 2 aliphatic rings. The van der Waals surface area contributed by atoms with Crippen molar-refractivity contribution >= 4 is 23.8 Å². The maximum atomic E-state index is 12.1. The molecule has 96 valence electrons. The van der Waals surface area contributed by atoms with Crippen molar-refractivity contribution in [3.63, 3.8) is 0 Å². The molecule has 1 aromatic carbocycles. The standard InChI is InChI=1S/C13H9NO5/c15-10-6-5-9(13(18)19-10)14-11(16)7-3-1-2-4-8(7)12(14)17/h1-4,9H,5-6H2/t9-/m0/s1. The second-order valence-electron chi connectivity index (χ2n) is 4.37. The van der Waals surface area contributed by atoms with Gasteiger partial charge in [0.1, 0.15) is 6.04 Å². The monoisotopic (exact) mass is 259 g/mol. The lowest BCUT2D eigenvalue weighted by atomic mass is 10.1. The number of carbonyl (C=O) groups is 4. The first-order chi connectivity index (χ1) is 9.09. The lowest BCUT2D eigenvalue weighted by Gasteiger charge is -2.26. The van der Waals surface area contributed by atoms with Crippen LogP contribution < -0.4 is 0 Å². The van der Waals surface area contributed by atoms with E-state index in [-0.39, 0.29) is 24.0 Å². The van der Waals surface area contributed by atoms with Gasteiger partial charge in [-0.3, -0.25) is 19.3 Å². The lowest BCUT2D eigenvalue weighted by molar-refractivity contribution is -0.167. The maximum Gasteiger partial charge on any atom is 0.337 e. The van der Waals surface area contributed by atoms with Crippen LogP contribution in [-0.4, -0.2) is 34.7 Å². The van der Waals surface area contributed by atoms with Crippen LogP contribution >= 0.6 is 0 Å². The third-order valence-electron chi connectivity index (χ3n) is 3.25. The van der Waals surface area contributed by atoms with E-state index < -0.39 is 29.8 Å². The van der Waals surface area contributed by atoms with Gasteiger partial charge in [0.05, 0.1) is 11.1 Å². The Morgan fingerprint density at radius 3 is 2.11 bits per heavy atom. The molecule has 0 spiro atoms. The van der Waals surface area contributed by atoms with Gasteiger partial charge >= 0.3 is 11.9 Å². The Bertz CT molecular complexity index is 586. The smallest absolute Gasteiger partial charge is 0.337 e. The number of fused-ring (bicyclic) bond motifs is 1. The number of ether oxygens (including phenoxy) is 1. The van der Waals surface area contributed by atoms with E-state index in [2.05, 4.69) is 4.74 Å². The Balaban J connectivity index is 1.96. The summed E-state index contributed by atoms with van der Waals surface area (Å²) in [5, 5.41) is 0. The van der Waals surface area contributed by atoms with E-state index in [1.165, 1.54) is 12.1 Å². The molecule has 2 aliphatic heterocycles. The summed E-state index contributed by atoms with van der Waals surface area (Å²) < 4.78 is 4.48. The van der Waals surface area contributed by atoms with Crippen molar-refractivity contribution in [2.75, 3.05) is 0 Å². The molecule has 0 saturated carbocycles. The predicted octanol–water partition coefficient (Wildman–Crippen LogP) is 0.515. The zero-order valence-corrected chi connectivity index (χ0v) is 9.79. The van der Waals surface area contributed by atoms with Gasteiger partial charge in [-0.15, -0.1) is 0 Å². The van der Waals surface area contributed by atoms with Crippen LogP contribution in [0.15, 0.2) is 24.3 Å². The number of cyclic esters (lactones) is 2. The zero-order chi connectivity index (χ0) is 13.6. The van der Waals surface area contributed by atoms with Crippen molar-refractivity contribution in [1.29, 1.82) is 0 Å². The van der Waals surface area contributed by atoms with Gasteiger partial charge in [0.2, 0.25) is 0 Å². The van der Waals surface area contributed by atoms with Gasteiger partial charge in [0.25, 0.3) is 11.8 Å². The normalized spacial score (nSPS) is 22.5. The second-order valence-corrected chi connectivity index (χ2v) is 4.37. The van der Waals surface area contributed by atoms with Crippen molar-refractivity contribution in [3.8, 4) is 0 Å². The van der Waals surface area contributed by atoms with Crippen LogP contribution in [0.3, 0.4) is 0 Å². The molecule has 3 rings (SSSR count). The first kappa shape index (κ1) is 11.6. The number of imide groups is 1. The summed E-state index contributed by atoms with van der Waals surface area (Å²) in [6.45, 7) is 0. The van der Waals surface area contributed by atoms with Gasteiger partial charge in [-0.25, -0.2) is 4.79 Å². The first-order valence-corrected chi connectivity index (χ1v) is 5.81. The molecule has 2 heterocycles. The van der Waals surface area contributed by atoms with Crippen LogP contribution in [-0.2, 0) is 14.3 Å². The molecule has 0 unspecified atom stereocenters. The van der Waals surface area contributed by atoms with E-state index in [1.807, 2.05) is 0 Å². The molecule has 0 bridgehead atoms. The number of hydrogen-bond donors (Lipinski definition) is 0. The molecule has 1 fully saturated rings. The Morgan fingerprint density at radius 1 is 1.00 bits per heavy atom. The number of esters is 2. The van der Waals surface area contributed by atoms with Crippen LogP contribution in [0.25, 0.3) is 0 Å². The number of rotatable bonds is 1.